The van der Waals surface area contributed by atoms with Crippen LogP contribution in [0.1, 0.15) is 33.6 Å². The highest BCUT2D eigenvalue weighted by Crippen LogP contribution is 2.42. The zero-order chi connectivity index (χ0) is 25.1. The Labute approximate surface area is 172 Å². The summed E-state index contributed by atoms with van der Waals surface area (Å²) in [5, 5.41) is -6.07. The number of carbonyl (C=O) groups is 2. The highest BCUT2D eigenvalue weighted by atomic mass is 32.2. The lowest BCUT2D eigenvalue weighted by Crippen LogP contribution is -2.58. The lowest BCUT2D eigenvalue weighted by Gasteiger charge is -2.33. The molecule has 0 spiro atoms. The minimum Gasteiger partial charge on any atom is -0.743 e. The van der Waals surface area contributed by atoms with Crippen molar-refractivity contribution in [2.45, 2.75) is 62.9 Å². The minimum absolute atomic E-state index is 0.624. The molecule has 1 unspecified atom stereocenters. The molecule has 8 nitrogen and oxygen atoms in total. The average molecular weight is 491 g/mol. The summed E-state index contributed by atoms with van der Waals surface area (Å²) in [6.07, 6.45) is -10.6. The van der Waals surface area contributed by atoms with Crippen LogP contribution in [-0.4, -0.2) is 60.8 Å². The first-order valence-corrected chi connectivity index (χ1v) is 9.55. The normalized spacial score (nSPS) is 15.4. The number of carbonyl (C=O) groups excluding carboxylic acids is 2. The van der Waals surface area contributed by atoms with Gasteiger partial charge in [-0.05, 0) is 27.2 Å². The summed E-state index contributed by atoms with van der Waals surface area (Å²) in [6, 6.07) is 0. The lowest BCUT2D eigenvalue weighted by molar-refractivity contribution is -0.356. The summed E-state index contributed by atoms with van der Waals surface area (Å²) < 4.78 is 137. The summed E-state index contributed by atoms with van der Waals surface area (Å²) in [6.45, 7) is 4.57. The van der Waals surface area contributed by atoms with E-state index in [4.69, 9.17) is 0 Å². The number of rotatable bonds is 11. The van der Waals surface area contributed by atoms with E-state index in [-0.39, 0.29) is 0 Å². The van der Waals surface area contributed by atoms with Crippen molar-refractivity contribution in [2.75, 3.05) is 6.61 Å². The Morgan fingerprint density at radius 2 is 1.55 bits per heavy atom. The highest BCUT2D eigenvalue weighted by Gasteiger charge is 2.68. The highest BCUT2D eigenvalue weighted by molar-refractivity contribution is 7.86. The van der Waals surface area contributed by atoms with E-state index in [1.54, 1.807) is 0 Å². The van der Waals surface area contributed by atoms with E-state index in [9.17, 15) is 53.3 Å². The molecule has 0 aromatic heterocycles. The topological polar surface area (TPSA) is 119 Å². The summed E-state index contributed by atoms with van der Waals surface area (Å²) in [7, 11) is -6.81. The number of alkyl halides is 7. The van der Waals surface area contributed by atoms with Crippen molar-refractivity contribution in [3.05, 3.63) is 12.2 Å². The standard InChI is InChI=1S/C15H19F7O8S/c1-8(2)10(23)30-13(14(18,19)20,11(24)29-9(3)4)28-7-5-6-12(16,17)15(21,22)31(25,26)27/h9H,1,5-7H2,2-4H3,(H,25,26,27)/p-1. The van der Waals surface area contributed by atoms with Crippen LogP contribution in [0.3, 0.4) is 0 Å². The molecule has 0 heterocycles. The van der Waals surface area contributed by atoms with Crippen LogP contribution in [0.25, 0.3) is 0 Å². The Balaban J connectivity index is 5.77. The third-order valence-corrected chi connectivity index (χ3v) is 4.18. The van der Waals surface area contributed by atoms with Gasteiger partial charge in [0.2, 0.25) is 0 Å². The fourth-order valence-corrected chi connectivity index (χ4v) is 2.20. The molecular weight excluding hydrogens is 473 g/mol. The van der Waals surface area contributed by atoms with Crippen molar-refractivity contribution in [1.82, 2.24) is 0 Å². The molecule has 0 aliphatic carbocycles. The van der Waals surface area contributed by atoms with Crippen molar-refractivity contribution in [2.24, 2.45) is 0 Å². The monoisotopic (exact) mass is 491 g/mol. The fourth-order valence-electron chi connectivity index (χ4n) is 1.73. The third-order valence-electron chi connectivity index (χ3n) is 3.25. The molecule has 0 fully saturated rings. The molecule has 0 saturated heterocycles. The van der Waals surface area contributed by atoms with Crippen molar-refractivity contribution < 1.29 is 67.5 Å². The minimum atomic E-state index is -6.81. The third kappa shape index (κ3) is 6.77. The van der Waals surface area contributed by atoms with Crippen molar-refractivity contribution in [3.8, 4) is 0 Å². The molecule has 0 saturated carbocycles. The summed E-state index contributed by atoms with van der Waals surface area (Å²) >= 11 is 0. The Morgan fingerprint density at radius 1 is 1.06 bits per heavy atom. The molecule has 182 valence electrons. The molecule has 0 N–H and O–H groups in total. The zero-order valence-electron chi connectivity index (χ0n) is 16.2. The van der Waals surface area contributed by atoms with Gasteiger partial charge < -0.3 is 18.8 Å². The predicted octanol–water partition coefficient (Wildman–Crippen LogP) is 2.89. The number of hydrogen-bond acceptors (Lipinski definition) is 8. The van der Waals surface area contributed by atoms with E-state index in [1.807, 2.05) is 0 Å². The molecule has 0 bridgehead atoms. The second kappa shape index (κ2) is 9.68. The molecule has 0 aromatic carbocycles. The molecule has 0 amide bonds. The predicted molar refractivity (Wildman–Crippen MR) is 85.7 cm³/mol. The molecule has 0 radical (unpaired) electrons. The molecule has 31 heavy (non-hydrogen) atoms. The Hall–Kier alpha value is -1.94. The van der Waals surface area contributed by atoms with Gasteiger partial charge in [-0.15, -0.1) is 0 Å². The second-order valence-corrected chi connectivity index (χ2v) is 7.79. The summed E-state index contributed by atoms with van der Waals surface area (Å²) in [5.41, 5.74) is -0.624. The van der Waals surface area contributed by atoms with Crippen LogP contribution in [0.15, 0.2) is 12.2 Å². The van der Waals surface area contributed by atoms with E-state index in [1.165, 1.54) is 0 Å². The maximum atomic E-state index is 13.6. The van der Waals surface area contributed by atoms with E-state index in [0.29, 0.717) is 0 Å². The number of ether oxygens (including phenoxy) is 3. The smallest absolute Gasteiger partial charge is 0.468 e. The number of hydrogen-bond donors (Lipinski definition) is 0. The van der Waals surface area contributed by atoms with E-state index < -0.39 is 76.3 Å². The maximum Gasteiger partial charge on any atom is 0.468 e. The SMILES string of the molecule is C=C(C)C(=O)OC(OCCCC(F)(F)C(F)(F)S(=O)(=O)[O-])(C(=O)OC(C)C)C(F)(F)F. The van der Waals surface area contributed by atoms with Crippen LogP contribution < -0.4 is 0 Å². The van der Waals surface area contributed by atoms with Crippen LogP contribution in [0, 0.1) is 0 Å². The van der Waals surface area contributed by atoms with Gasteiger partial charge in [-0.25, -0.2) is 18.0 Å². The van der Waals surface area contributed by atoms with Crippen LogP contribution in [0.5, 0.6) is 0 Å². The second-order valence-electron chi connectivity index (χ2n) is 6.37. The van der Waals surface area contributed by atoms with Gasteiger partial charge in [-0.1, -0.05) is 6.58 Å². The quantitative estimate of drug-likeness (QED) is 0.108. The Kier molecular flexibility index (Phi) is 9.08. The average Bonchev–Trinajstić information content (AvgIpc) is 2.54. The molecule has 16 heteroatoms. The number of halogens is 7. The lowest BCUT2D eigenvalue weighted by atomic mass is 10.2. The molecule has 1 atom stereocenters. The molecular formula is C15H18F7O8S-. The van der Waals surface area contributed by atoms with Gasteiger partial charge in [0.05, 0.1) is 12.7 Å². The van der Waals surface area contributed by atoms with Gasteiger partial charge in [-0.2, -0.15) is 30.7 Å². The van der Waals surface area contributed by atoms with Gasteiger partial charge >= 0.3 is 35.1 Å². The first kappa shape index (κ1) is 29.1. The van der Waals surface area contributed by atoms with E-state index in [0.717, 1.165) is 20.8 Å². The first-order chi connectivity index (χ1) is 13.6. The number of esters is 2. The Morgan fingerprint density at radius 3 is 1.90 bits per heavy atom. The molecule has 0 aliphatic heterocycles. The van der Waals surface area contributed by atoms with Crippen molar-refractivity contribution >= 4 is 22.1 Å². The summed E-state index contributed by atoms with van der Waals surface area (Å²) in [5.74, 6) is -14.0. The van der Waals surface area contributed by atoms with Crippen LogP contribution in [0.2, 0.25) is 0 Å². The Bertz CT molecular complexity index is 792. The van der Waals surface area contributed by atoms with E-state index in [2.05, 4.69) is 20.8 Å². The molecule has 0 aliphatic rings. The van der Waals surface area contributed by atoms with E-state index >= 15 is 0 Å². The summed E-state index contributed by atoms with van der Waals surface area (Å²) in [4.78, 5) is 23.6. The largest absolute Gasteiger partial charge is 0.743 e. The first-order valence-electron chi connectivity index (χ1n) is 8.14. The molecule has 0 aromatic rings. The van der Waals surface area contributed by atoms with Gasteiger partial charge in [0, 0.05) is 12.0 Å². The zero-order valence-corrected chi connectivity index (χ0v) is 17.0. The van der Waals surface area contributed by atoms with Gasteiger partial charge in [0.15, 0.2) is 10.1 Å². The molecule has 0 rings (SSSR count). The van der Waals surface area contributed by atoms with Gasteiger partial charge in [0.1, 0.15) is 0 Å². The van der Waals surface area contributed by atoms with Crippen LogP contribution in [0.4, 0.5) is 30.7 Å². The van der Waals surface area contributed by atoms with Gasteiger partial charge in [-0.3, -0.25) is 0 Å². The van der Waals surface area contributed by atoms with Crippen LogP contribution >= 0.6 is 0 Å². The van der Waals surface area contributed by atoms with Crippen LogP contribution in [-0.2, 0) is 33.9 Å². The fraction of sp³-hybridized carbons (Fsp3) is 0.733. The van der Waals surface area contributed by atoms with Crippen molar-refractivity contribution in [3.63, 3.8) is 0 Å². The maximum absolute atomic E-state index is 13.6. The van der Waals surface area contributed by atoms with Crippen molar-refractivity contribution in [1.29, 1.82) is 0 Å². The van der Waals surface area contributed by atoms with Gasteiger partial charge in [0.25, 0.3) is 0 Å².